The molecule has 0 spiro atoms. The summed E-state index contributed by atoms with van der Waals surface area (Å²) in [5, 5.41) is 10.8. The largest absolute Gasteiger partial charge is 0.480 e. The molecule has 0 heterocycles. The summed E-state index contributed by atoms with van der Waals surface area (Å²) >= 11 is 4.69. The summed E-state index contributed by atoms with van der Waals surface area (Å²) in [5.74, 6) is -0.855. The minimum Gasteiger partial charge on any atom is -0.480 e. The number of aliphatic carboxylic acids is 1. The van der Waals surface area contributed by atoms with Gasteiger partial charge >= 0.3 is 5.97 Å². The van der Waals surface area contributed by atoms with E-state index in [4.69, 9.17) is 17.3 Å². The zero-order chi connectivity index (χ0) is 7.28. The molecule has 0 saturated carbocycles. The average molecular weight is 147 g/mol. The van der Waals surface area contributed by atoms with Crippen LogP contribution in [0.15, 0.2) is 0 Å². The third kappa shape index (κ3) is 7.52. The predicted octanol–water partition coefficient (Wildman–Crippen LogP) is 0.0504. The highest BCUT2D eigenvalue weighted by Gasteiger charge is 1.93. The molecular weight excluding hydrogens is 138 g/mol. The second-order valence-electron chi connectivity index (χ2n) is 1.70. The fourth-order valence-electron chi connectivity index (χ4n) is 0.345. The minimum atomic E-state index is -0.855. The molecule has 0 aromatic rings. The Hall–Kier alpha value is -0.480. The van der Waals surface area contributed by atoms with Crippen LogP contribution < -0.4 is 5.32 Å². The van der Waals surface area contributed by atoms with Gasteiger partial charge in [0, 0.05) is 11.4 Å². The fraction of sp³-hybridized carbons (Fsp3) is 0.600. The van der Waals surface area contributed by atoms with Crippen LogP contribution in [-0.2, 0) is 4.79 Å². The summed E-state index contributed by atoms with van der Waals surface area (Å²) in [6.45, 7) is 2.25. The van der Waals surface area contributed by atoms with Crippen LogP contribution in [-0.4, -0.2) is 29.0 Å². The van der Waals surface area contributed by atoms with Gasteiger partial charge in [0.1, 0.15) is 0 Å². The molecule has 0 bridgehead atoms. The van der Waals surface area contributed by atoms with Gasteiger partial charge in [-0.15, -0.1) is 0 Å². The molecule has 0 aliphatic carbocycles. The third-order valence-electron chi connectivity index (χ3n) is 0.650. The van der Waals surface area contributed by atoms with Crippen LogP contribution in [0.25, 0.3) is 0 Å². The Morgan fingerprint density at radius 1 is 1.67 bits per heavy atom. The van der Waals surface area contributed by atoms with Crippen molar-refractivity contribution in [2.24, 2.45) is 0 Å². The van der Waals surface area contributed by atoms with E-state index in [1.165, 1.54) is 0 Å². The minimum absolute atomic E-state index is 0.0199. The molecule has 0 fully saturated rings. The summed E-state index contributed by atoms with van der Waals surface area (Å²) in [6, 6.07) is 0. The topological polar surface area (TPSA) is 49.3 Å². The summed E-state index contributed by atoms with van der Waals surface area (Å²) < 4.78 is 0. The number of thiocarbonyl (C=S) groups is 1. The highest BCUT2D eigenvalue weighted by Crippen LogP contribution is 1.69. The number of hydrogen-bond acceptors (Lipinski definition) is 3. The van der Waals surface area contributed by atoms with Crippen molar-refractivity contribution in [1.82, 2.24) is 5.32 Å². The van der Waals surface area contributed by atoms with Crippen molar-refractivity contribution >= 4 is 23.1 Å². The zero-order valence-corrected chi connectivity index (χ0v) is 5.99. The van der Waals surface area contributed by atoms with Crippen LogP contribution in [0.5, 0.6) is 0 Å². The van der Waals surface area contributed by atoms with Gasteiger partial charge in [-0.1, -0.05) is 12.2 Å². The third-order valence-corrected chi connectivity index (χ3v) is 0.795. The van der Waals surface area contributed by atoms with Crippen LogP contribution in [0.4, 0.5) is 0 Å². The molecule has 0 atom stereocenters. The molecule has 0 saturated heterocycles. The van der Waals surface area contributed by atoms with Gasteiger partial charge in [0.25, 0.3) is 0 Å². The van der Waals surface area contributed by atoms with E-state index in [1.807, 2.05) is 0 Å². The average Bonchev–Trinajstić information content (AvgIpc) is 1.63. The van der Waals surface area contributed by atoms with Gasteiger partial charge in [-0.25, -0.2) is 0 Å². The lowest BCUT2D eigenvalue weighted by atomic mass is 10.5. The van der Waals surface area contributed by atoms with Gasteiger partial charge in [0.2, 0.25) is 0 Å². The number of carboxylic acids is 1. The van der Waals surface area contributed by atoms with Crippen LogP contribution in [0, 0.1) is 0 Å². The molecule has 52 valence electrons. The van der Waals surface area contributed by atoms with E-state index in [0.29, 0.717) is 6.54 Å². The number of carbonyl (C=O) groups is 1. The maximum Gasteiger partial charge on any atom is 0.317 e. The lowest BCUT2D eigenvalue weighted by Gasteiger charge is -1.96. The Morgan fingerprint density at radius 2 is 2.22 bits per heavy atom. The standard InChI is InChI=1S/C5H9NO2S/c1-4(9)2-6-3-5(7)8/h6H,2-3H2,1H3,(H,7,8). The summed E-state index contributed by atoms with van der Waals surface area (Å²) in [7, 11) is 0. The Bertz CT molecular complexity index is 110. The van der Waals surface area contributed by atoms with Gasteiger partial charge in [0.15, 0.2) is 0 Å². The fourth-order valence-corrected chi connectivity index (χ4v) is 0.448. The molecule has 0 radical (unpaired) electrons. The number of carboxylic acid groups (broad SMARTS) is 1. The number of nitrogens with one attached hydrogen (secondary N) is 1. The lowest BCUT2D eigenvalue weighted by molar-refractivity contribution is -0.135. The van der Waals surface area contributed by atoms with E-state index < -0.39 is 5.97 Å². The quantitative estimate of drug-likeness (QED) is 0.552. The summed E-state index contributed by atoms with van der Waals surface area (Å²) in [6.07, 6.45) is 0. The molecule has 2 N–H and O–H groups in total. The SMILES string of the molecule is CC(=S)CNCC(=O)O. The van der Waals surface area contributed by atoms with E-state index in [2.05, 4.69) is 5.32 Å². The molecule has 0 aliphatic rings. The van der Waals surface area contributed by atoms with Gasteiger partial charge in [-0.3, -0.25) is 4.79 Å². The molecule has 4 heteroatoms. The van der Waals surface area contributed by atoms with Gasteiger partial charge in [-0.05, 0) is 6.92 Å². The summed E-state index contributed by atoms with van der Waals surface area (Å²) in [4.78, 5) is 10.6. The first-order valence-corrected chi connectivity index (χ1v) is 2.95. The Kier molecular flexibility index (Phi) is 4.17. The van der Waals surface area contributed by atoms with Crippen LogP contribution in [0.3, 0.4) is 0 Å². The van der Waals surface area contributed by atoms with Crippen molar-refractivity contribution < 1.29 is 9.90 Å². The highest BCUT2D eigenvalue weighted by atomic mass is 32.1. The van der Waals surface area contributed by atoms with E-state index in [9.17, 15) is 4.79 Å². The molecule has 0 aliphatic heterocycles. The highest BCUT2D eigenvalue weighted by molar-refractivity contribution is 7.80. The normalized spacial score (nSPS) is 9.00. The molecule has 3 nitrogen and oxygen atoms in total. The van der Waals surface area contributed by atoms with Crippen LogP contribution in [0.2, 0.25) is 0 Å². The van der Waals surface area contributed by atoms with Crippen molar-refractivity contribution in [2.75, 3.05) is 13.1 Å². The Morgan fingerprint density at radius 3 is 2.56 bits per heavy atom. The molecule has 0 unspecified atom stereocenters. The number of hydrogen-bond donors (Lipinski definition) is 2. The van der Waals surface area contributed by atoms with Crippen molar-refractivity contribution in [1.29, 1.82) is 0 Å². The Labute approximate surface area is 59.1 Å². The second kappa shape index (κ2) is 4.40. The molecule has 0 rings (SSSR count). The first kappa shape index (κ1) is 8.52. The van der Waals surface area contributed by atoms with Crippen LogP contribution in [0.1, 0.15) is 6.92 Å². The van der Waals surface area contributed by atoms with E-state index in [0.717, 1.165) is 4.86 Å². The molecule has 0 aromatic carbocycles. The van der Waals surface area contributed by atoms with Crippen LogP contribution >= 0.6 is 12.2 Å². The van der Waals surface area contributed by atoms with E-state index >= 15 is 0 Å². The first-order chi connectivity index (χ1) is 4.13. The molecule has 0 amide bonds. The van der Waals surface area contributed by atoms with E-state index in [-0.39, 0.29) is 6.54 Å². The molecule has 9 heavy (non-hydrogen) atoms. The maximum absolute atomic E-state index is 9.88. The second-order valence-corrected chi connectivity index (χ2v) is 2.40. The predicted molar refractivity (Wildman–Crippen MR) is 38.8 cm³/mol. The van der Waals surface area contributed by atoms with Gasteiger partial charge in [-0.2, -0.15) is 0 Å². The van der Waals surface area contributed by atoms with Crippen molar-refractivity contribution in [3.05, 3.63) is 0 Å². The Balaban J connectivity index is 3.10. The number of rotatable bonds is 4. The van der Waals surface area contributed by atoms with Gasteiger partial charge in [0.05, 0.1) is 6.54 Å². The monoisotopic (exact) mass is 147 g/mol. The molecular formula is C5H9NO2S. The first-order valence-electron chi connectivity index (χ1n) is 2.55. The maximum atomic E-state index is 9.88. The zero-order valence-electron chi connectivity index (χ0n) is 5.18. The van der Waals surface area contributed by atoms with Crippen molar-refractivity contribution in [3.8, 4) is 0 Å². The van der Waals surface area contributed by atoms with Crippen molar-refractivity contribution in [2.45, 2.75) is 6.92 Å². The lowest BCUT2D eigenvalue weighted by Crippen LogP contribution is -2.26. The van der Waals surface area contributed by atoms with Crippen molar-refractivity contribution in [3.63, 3.8) is 0 Å². The summed E-state index contributed by atoms with van der Waals surface area (Å²) in [5.41, 5.74) is 0. The van der Waals surface area contributed by atoms with E-state index in [1.54, 1.807) is 6.92 Å². The van der Waals surface area contributed by atoms with Gasteiger partial charge < -0.3 is 10.4 Å². The molecule has 0 aromatic heterocycles. The smallest absolute Gasteiger partial charge is 0.317 e.